The number of nitrogens with zero attached hydrogens (tertiary/aromatic N) is 6. The van der Waals surface area contributed by atoms with Crippen molar-refractivity contribution in [2.24, 2.45) is 7.05 Å². The van der Waals surface area contributed by atoms with Crippen LogP contribution >= 0.6 is 0 Å². The molecule has 4 heterocycles. The van der Waals surface area contributed by atoms with Gasteiger partial charge in [0.15, 0.2) is 17.5 Å². The number of para-hydroxylation sites is 3. The van der Waals surface area contributed by atoms with Gasteiger partial charge in [-0.25, -0.2) is 9.67 Å². The molecule has 1 N–H and O–H groups in total. The molecule has 2 aliphatic heterocycles. The number of imidazole rings is 1. The van der Waals surface area contributed by atoms with Crippen LogP contribution in [-0.4, -0.2) is 62.4 Å². The third-order valence-electron chi connectivity index (χ3n) is 7.71. The van der Waals surface area contributed by atoms with Crippen LogP contribution in [0.25, 0.3) is 22.1 Å². The van der Waals surface area contributed by atoms with Gasteiger partial charge in [-0.1, -0.05) is 29.5 Å². The van der Waals surface area contributed by atoms with Crippen LogP contribution in [0.5, 0.6) is 11.5 Å². The van der Waals surface area contributed by atoms with Crippen molar-refractivity contribution in [1.29, 1.82) is 0 Å². The van der Waals surface area contributed by atoms with Crippen LogP contribution in [0.3, 0.4) is 0 Å². The average molecular weight is 568 g/mol. The largest absolute Gasteiger partial charge is 0.454 e. The van der Waals surface area contributed by atoms with Gasteiger partial charge < -0.3 is 24.1 Å². The first-order valence-corrected chi connectivity index (χ1v) is 13.9. The molecule has 0 spiro atoms. The topological polar surface area (TPSA) is 126 Å². The van der Waals surface area contributed by atoms with Crippen LogP contribution in [0.2, 0.25) is 0 Å². The molecule has 1 saturated heterocycles. The number of amides is 2. The van der Waals surface area contributed by atoms with E-state index in [-0.39, 0.29) is 31.3 Å². The second-order valence-electron chi connectivity index (χ2n) is 10.3. The molecule has 214 valence electrons. The van der Waals surface area contributed by atoms with Crippen molar-refractivity contribution in [2.75, 3.05) is 24.8 Å². The van der Waals surface area contributed by atoms with E-state index in [1.165, 1.54) is 9.58 Å². The maximum absolute atomic E-state index is 14.4. The molecule has 2 amide bonds. The number of ether oxygens (including phenoxy) is 3. The molecule has 3 aromatic carbocycles. The van der Waals surface area contributed by atoms with E-state index in [4.69, 9.17) is 19.2 Å². The number of hydrogen-bond donors (Lipinski definition) is 1. The van der Waals surface area contributed by atoms with Crippen molar-refractivity contribution >= 4 is 39.6 Å². The molecule has 12 heteroatoms. The van der Waals surface area contributed by atoms with Crippen molar-refractivity contribution in [3.05, 3.63) is 72.6 Å². The Bertz CT molecular complexity index is 1790. The molecule has 0 saturated carbocycles. The quantitative estimate of drug-likeness (QED) is 0.303. The minimum atomic E-state index is -1.12. The maximum Gasteiger partial charge on any atom is 0.251 e. The SMILES string of the molecule is Cn1c([C@@H](C(=O)NC[C@@H]2CCCO2)N(C(=O)Cn2nnc3ccccc32)c2ccc3c(c2)OCO3)nc2ccccc21. The summed E-state index contributed by atoms with van der Waals surface area (Å²) >= 11 is 0. The summed E-state index contributed by atoms with van der Waals surface area (Å²) in [4.78, 5) is 34.9. The van der Waals surface area contributed by atoms with Crippen LogP contribution in [0, 0.1) is 0 Å². The van der Waals surface area contributed by atoms with Crippen molar-refractivity contribution in [3.8, 4) is 11.5 Å². The minimum Gasteiger partial charge on any atom is -0.454 e. The van der Waals surface area contributed by atoms with Crippen LogP contribution < -0.4 is 19.7 Å². The first kappa shape index (κ1) is 26.0. The highest BCUT2D eigenvalue weighted by Crippen LogP contribution is 2.38. The number of rotatable bonds is 8. The van der Waals surface area contributed by atoms with Gasteiger partial charge in [0.1, 0.15) is 17.9 Å². The zero-order valence-electron chi connectivity index (χ0n) is 23.0. The highest BCUT2D eigenvalue weighted by atomic mass is 16.7. The second kappa shape index (κ2) is 10.8. The summed E-state index contributed by atoms with van der Waals surface area (Å²) < 4.78 is 20.3. The van der Waals surface area contributed by atoms with Crippen LogP contribution in [-0.2, 0) is 27.9 Å². The number of aromatic nitrogens is 5. The molecule has 12 nitrogen and oxygen atoms in total. The predicted octanol–water partition coefficient (Wildman–Crippen LogP) is 3.12. The first-order valence-electron chi connectivity index (χ1n) is 13.9. The normalized spacial score (nSPS) is 16.6. The number of carbonyl (C=O) groups is 2. The van der Waals surface area contributed by atoms with Crippen molar-refractivity contribution in [2.45, 2.75) is 31.5 Å². The fourth-order valence-corrected chi connectivity index (χ4v) is 5.59. The lowest BCUT2D eigenvalue weighted by atomic mass is 10.1. The van der Waals surface area contributed by atoms with Gasteiger partial charge in [0.05, 0.1) is 22.7 Å². The van der Waals surface area contributed by atoms with Crippen LogP contribution in [0.4, 0.5) is 5.69 Å². The highest BCUT2D eigenvalue weighted by Gasteiger charge is 2.37. The molecule has 2 atom stereocenters. The highest BCUT2D eigenvalue weighted by molar-refractivity contribution is 6.02. The second-order valence-corrected chi connectivity index (χ2v) is 10.3. The Labute approximate surface area is 240 Å². The third kappa shape index (κ3) is 4.69. The summed E-state index contributed by atoms with van der Waals surface area (Å²) in [5.41, 5.74) is 3.38. The van der Waals surface area contributed by atoms with Gasteiger partial charge in [-0.15, -0.1) is 5.10 Å². The minimum absolute atomic E-state index is 0.0771. The fourth-order valence-electron chi connectivity index (χ4n) is 5.59. The van der Waals surface area contributed by atoms with E-state index in [0.717, 1.165) is 18.4 Å². The summed E-state index contributed by atoms with van der Waals surface area (Å²) in [7, 11) is 1.85. The Hall–Kier alpha value is -4.97. The summed E-state index contributed by atoms with van der Waals surface area (Å²) in [5.74, 6) is 0.707. The Balaban J connectivity index is 1.34. The third-order valence-corrected chi connectivity index (χ3v) is 7.71. The van der Waals surface area contributed by atoms with Gasteiger partial charge >= 0.3 is 0 Å². The van der Waals surface area contributed by atoms with Gasteiger partial charge in [-0.05, 0) is 49.2 Å². The van der Waals surface area contributed by atoms with E-state index < -0.39 is 6.04 Å². The van der Waals surface area contributed by atoms with Gasteiger partial charge in [-0.3, -0.25) is 14.5 Å². The van der Waals surface area contributed by atoms with E-state index in [2.05, 4.69) is 15.6 Å². The Morgan fingerprint density at radius 2 is 1.81 bits per heavy atom. The first-order chi connectivity index (χ1) is 20.6. The van der Waals surface area contributed by atoms with Crippen molar-refractivity contribution in [1.82, 2.24) is 29.9 Å². The maximum atomic E-state index is 14.4. The van der Waals surface area contributed by atoms with E-state index in [1.54, 1.807) is 18.2 Å². The van der Waals surface area contributed by atoms with Crippen LogP contribution in [0.15, 0.2) is 66.7 Å². The lowest BCUT2D eigenvalue weighted by molar-refractivity contribution is -0.127. The molecule has 5 aromatic rings. The molecule has 0 unspecified atom stereocenters. The summed E-state index contributed by atoms with van der Waals surface area (Å²) in [6.07, 6.45) is 1.73. The number of anilines is 1. The molecule has 2 aliphatic rings. The van der Waals surface area contributed by atoms with Gasteiger partial charge in [0.25, 0.3) is 5.91 Å². The van der Waals surface area contributed by atoms with Gasteiger partial charge in [-0.2, -0.15) is 0 Å². The van der Waals surface area contributed by atoms with Crippen molar-refractivity contribution < 1.29 is 23.8 Å². The Morgan fingerprint density at radius 1 is 1.02 bits per heavy atom. The lowest BCUT2D eigenvalue weighted by Crippen LogP contribution is -2.47. The van der Waals surface area contributed by atoms with E-state index >= 15 is 0 Å². The molecule has 0 radical (unpaired) electrons. The molecule has 0 aliphatic carbocycles. The summed E-state index contributed by atoms with van der Waals surface area (Å²) in [6.45, 7) is 0.917. The fraction of sp³-hybridized carbons (Fsp3) is 0.300. The zero-order valence-corrected chi connectivity index (χ0v) is 23.0. The number of benzene rings is 3. The molecular formula is C30H29N7O5. The Morgan fingerprint density at radius 3 is 2.62 bits per heavy atom. The number of carbonyl (C=O) groups excluding carboxylic acids is 2. The van der Waals surface area contributed by atoms with Crippen molar-refractivity contribution in [3.63, 3.8) is 0 Å². The van der Waals surface area contributed by atoms with Gasteiger partial charge in [0, 0.05) is 32.0 Å². The molecule has 1 fully saturated rings. The molecule has 2 aromatic heterocycles. The Kier molecular flexibility index (Phi) is 6.67. The summed E-state index contributed by atoms with van der Waals surface area (Å²) in [6, 6.07) is 19.1. The molecular weight excluding hydrogens is 538 g/mol. The molecule has 0 bridgehead atoms. The number of aryl methyl sites for hydroxylation is 1. The summed E-state index contributed by atoms with van der Waals surface area (Å²) in [5, 5.41) is 11.5. The van der Waals surface area contributed by atoms with Gasteiger partial charge in [0.2, 0.25) is 12.7 Å². The number of nitrogens with one attached hydrogen (secondary N) is 1. The van der Waals surface area contributed by atoms with Crippen LogP contribution in [0.1, 0.15) is 24.7 Å². The average Bonchev–Trinajstić information content (AvgIpc) is 3.82. The predicted molar refractivity (Wildman–Crippen MR) is 153 cm³/mol. The molecule has 7 rings (SSSR count). The lowest BCUT2D eigenvalue weighted by Gasteiger charge is -2.31. The van der Waals surface area contributed by atoms with E-state index in [0.29, 0.717) is 52.7 Å². The zero-order chi connectivity index (χ0) is 28.6. The monoisotopic (exact) mass is 567 g/mol. The van der Waals surface area contributed by atoms with E-state index in [9.17, 15) is 9.59 Å². The number of fused-ring (bicyclic) bond motifs is 3. The number of hydrogen-bond acceptors (Lipinski definition) is 8. The molecule has 42 heavy (non-hydrogen) atoms. The van der Waals surface area contributed by atoms with E-state index in [1.807, 2.05) is 60.1 Å². The standard InChI is InChI=1S/C30H29N7O5/c1-35-23-10-4-2-8-21(23)32-29(35)28(30(39)31-16-20-7-6-14-40-20)37(19-12-13-25-26(15-19)42-18-41-25)27(38)17-36-24-11-5-3-9-22(24)33-34-36/h2-5,8-13,15,20,28H,6-7,14,16-18H2,1H3,(H,31,39)/t20-,28-/m0/s1. The smallest absolute Gasteiger partial charge is 0.251 e.